The minimum atomic E-state index is -0.682. The van der Waals surface area contributed by atoms with Crippen molar-refractivity contribution in [2.24, 2.45) is 5.73 Å². The lowest BCUT2D eigenvalue weighted by Gasteiger charge is -2.21. The Morgan fingerprint density at radius 1 is 1.44 bits per heavy atom. The number of carbonyl (C=O) groups excluding carboxylic acids is 2. The van der Waals surface area contributed by atoms with Gasteiger partial charge in [0.2, 0.25) is 0 Å². The van der Waals surface area contributed by atoms with Gasteiger partial charge in [-0.15, -0.1) is 12.4 Å². The number of nitrogens with two attached hydrogens (primary N) is 1. The van der Waals surface area contributed by atoms with E-state index in [1.807, 2.05) is 0 Å². The largest absolute Gasteiger partial charge is 0.351 e. The first-order valence-electron chi connectivity index (χ1n) is 5.09. The lowest BCUT2D eigenvalue weighted by atomic mass is 10.2. The quantitative estimate of drug-likeness (QED) is 0.809. The molecule has 0 unspecified atom stereocenters. The second kappa shape index (κ2) is 7.92. The van der Waals surface area contributed by atoms with E-state index in [1.54, 1.807) is 24.3 Å². The van der Waals surface area contributed by atoms with Crippen LogP contribution in [0.2, 0.25) is 5.02 Å². The van der Waals surface area contributed by atoms with Crippen molar-refractivity contribution in [2.45, 2.75) is 0 Å². The summed E-state index contributed by atoms with van der Waals surface area (Å²) < 4.78 is 0. The summed E-state index contributed by atoms with van der Waals surface area (Å²) in [6.07, 6.45) is 0. The molecule has 0 heterocycles. The predicted octanol–water partition coefficient (Wildman–Crippen LogP) is 0.800. The van der Waals surface area contributed by atoms with E-state index in [1.165, 1.54) is 11.9 Å². The molecule has 2 amide bonds. The lowest BCUT2D eigenvalue weighted by Crippen LogP contribution is -2.44. The topological polar surface area (TPSA) is 75.4 Å². The van der Waals surface area contributed by atoms with Crippen LogP contribution in [0.1, 0.15) is 0 Å². The predicted molar refractivity (Wildman–Crippen MR) is 74.2 cm³/mol. The number of likely N-dealkylation sites (N-methyl/N-ethyl adjacent to an activating group) is 1. The standard InChI is InChI=1S/C11H14ClN3O2.ClH/c1-14-10(16)11(17)15(6-5-13)9-4-2-3-8(12)7-9;/h2-4,7H,5-6,13H2,1H3,(H,14,16);1H. The van der Waals surface area contributed by atoms with Crippen LogP contribution in [0.5, 0.6) is 0 Å². The Kier molecular flexibility index (Phi) is 7.35. The third kappa shape index (κ3) is 4.18. The highest BCUT2D eigenvalue weighted by molar-refractivity contribution is 6.40. The first-order chi connectivity index (χ1) is 8.10. The number of rotatable bonds is 3. The summed E-state index contributed by atoms with van der Waals surface area (Å²) in [6.45, 7) is 0.516. The van der Waals surface area contributed by atoms with Gasteiger partial charge in [0.15, 0.2) is 0 Å². The molecule has 0 aliphatic carbocycles. The Hall–Kier alpha value is -1.30. The van der Waals surface area contributed by atoms with E-state index >= 15 is 0 Å². The average molecular weight is 292 g/mol. The van der Waals surface area contributed by atoms with Gasteiger partial charge in [0.05, 0.1) is 0 Å². The Balaban J connectivity index is 0.00000289. The molecular weight excluding hydrogens is 277 g/mol. The lowest BCUT2D eigenvalue weighted by molar-refractivity contribution is -0.137. The minimum absolute atomic E-state index is 0. The molecule has 0 saturated carbocycles. The number of benzene rings is 1. The monoisotopic (exact) mass is 291 g/mol. The second-order valence-corrected chi connectivity index (χ2v) is 3.74. The van der Waals surface area contributed by atoms with Crippen LogP contribution >= 0.6 is 24.0 Å². The van der Waals surface area contributed by atoms with E-state index in [0.717, 1.165) is 0 Å². The number of hydrogen-bond donors (Lipinski definition) is 2. The normalized spacial score (nSPS) is 9.28. The number of hydrogen-bond acceptors (Lipinski definition) is 3. The Morgan fingerprint density at radius 2 is 2.11 bits per heavy atom. The molecule has 1 rings (SSSR count). The number of nitrogens with zero attached hydrogens (tertiary/aromatic N) is 1. The van der Waals surface area contributed by atoms with Crippen LogP contribution in [-0.2, 0) is 9.59 Å². The smallest absolute Gasteiger partial charge is 0.316 e. The van der Waals surface area contributed by atoms with Crippen molar-refractivity contribution < 1.29 is 9.59 Å². The second-order valence-electron chi connectivity index (χ2n) is 3.30. The highest BCUT2D eigenvalue weighted by Crippen LogP contribution is 2.19. The summed E-state index contributed by atoms with van der Waals surface area (Å²) >= 11 is 5.84. The molecule has 0 aliphatic rings. The molecule has 0 saturated heterocycles. The highest BCUT2D eigenvalue weighted by Gasteiger charge is 2.21. The van der Waals surface area contributed by atoms with Crippen LogP contribution in [0.25, 0.3) is 0 Å². The maximum Gasteiger partial charge on any atom is 0.316 e. The Labute approximate surface area is 117 Å². The van der Waals surface area contributed by atoms with Gasteiger partial charge in [0.1, 0.15) is 0 Å². The van der Waals surface area contributed by atoms with E-state index in [2.05, 4.69) is 5.32 Å². The van der Waals surface area contributed by atoms with Gasteiger partial charge in [-0.25, -0.2) is 0 Å². The van der Waals surface area contributed by atoms with Crippen LogP contribution in [0.15, 0.2) is 24.3 Å². The van der Waals surface area contributed by atoms with Crippen LogP contribution in [0, 0.1) is 0 Å². The van der Waals surface area contributed by atoms with Gasteiger partial charge < -0.3 is 16.0 Å². The van der Waals surface area contributed by atoms with E-state index in [-0.39, 0.29) is 25.5 Å². The summed E-state index contributed by atoms with van der Waals surface area (Å²) in [7, 11) is 1.40. The minimum Gasteiger partial charge on any atom is -0.351 e. The molecule has 7 heteroatoms. The van der Waals surface area contributed by atoms with E-state index in [0.29, 0.717) is 10.7 Å². The van der Waals surface area contributed by atoms with Crippen LogP contribution in [0.3, 0.4) is 0 Å². The van der Waals surface area contributed by atoms with Gasteiger partial charge in [0, 0.05) is 30.8 Å². The molecule has 1 aromatic carbocycles. The average Bonchev–Trinajstić information content (AvgIpc) is 2.34. The molecule has 0 aromatic heterocycles. The number of nitrogens with one attached hydrogen (secondary N) is 1. The first-order valence-corrected chi connectivity index (χ1v) is 5.47. The van der Waals surface area contributed by atoms with Gasteiger partial charge in [-0.1, -0.05) is 17.7 Å². The molecule has 100 valence electrons. The van der Waals surface area contributed by atoms with E-state index in [9.17, 15) is 9.59 Å². The molecule has 0 atom stereocenters. The van der Waals surface area contributed by atoms with Gasteiger partial charge in [-0.05, 0) is 18.2 Å². The summed E-state index contributed by atoms with van der Waals surface area (Å²) in [4.78, 5) is 24.4. The maximum absolute atomic E-state index is 11.8. The van der Waals surface area contributed by atoms with E-state index in [4.69, 9.17) is 17.3 Å². The Bertz CT molecular complexity index is 427. The van der Waals surface area contributed by atoms with Gasteiger partial charge in [0.25, 0.3) is 0 Å². The van der Waals surface area contributed by atoms with Crippen molar-refractivity contribution in [3.63, 3.8) is 0 Å². The van der Waals surface area contributed by atoms with Crippen molar-refractivity contribution in [2.75, 3.05) is 25.0 Å². The van der Waals surface area contributed by atoms with Crippen molar-refractivity contribution in [3.05, 3.63) is 29.3 Å². The fourth-order valence-corrected chi connectivity index (χ4v) is 1.54. The van der Waals surface area contributed by atoms with Gasteiger partial charge >= 0.3 is 11.8 Å². The summed E-state index contributed by atoms with van der Waals surface area (Å²) in [5, 5.41) is 2.78. The number of carbonyl (C=O) groups is 2. The van der Waals surface area contributed by atoms with Crippen LogP contribution in [-0.4, -0.2) is 32.0 Å². The molecule has 0 radical (unpaired) electrons. The van der Waals surface area contributed by atoms with Gasteiger partial charge in [-0.2, -0.15) is 0 Å². The molecule has 1 aromatic rings. The van der Waals surface area contributed by atoms with Crippen LogP contribution in [0.4, 0.5) is 5.69 Å². The number of anilines is 1. The van der Waals surface area contributed by atoms with E-state index < -0.39 is 11.8 Å². The summed E-state index contributed by atoms with van der Waals surface area (Å²) in [6, 6.07) is 6.70. The molecule has 5 nitrogen and oxygen atoms in total. The third-order valence-corrected chi connectivity index (χ3v) is 2.37. The molecular formula is C11H15Cl2N3O2. The summed E-state index contributed by atoms with van der Waals surface area (Å²) in [5.74, 6) is -1.33. The number of halogens is 2. The fraction of sp³-hybridized carbons (Fsp3) is 0.273. The van der Waals surface area contributed by atoms with Crippen molar-refractivity contribution in [1.82, 2.24) is 5.32 Å². The van der Waals surface area contributed by atoms with Crippen molar-refractivity contribution >= 4 is 41.5 Å². The zero-order chi connectivity index (χ0) is 12.8. The van der Waals surface area contributed by atoms with Crippen LogP contribution < -0.4 is 16.0 Å². The first kappa shape index (κ1) is 16.7. The third-order valence-electron chi connectivity index (χ3n) is 2.14. The summed E-state index contributed by atoms with van der Waals surface area (Å²) in [5.41, 5.74) is 5.98. The zero-order valence-electron chi connectivity index (χ0n) is 9.85. The molecule has 0 fully saturated rings. The molecule has 0 bridgehead atoms. The fourth-order valence-electron chi connectivity index (χ4n) is 1.35. The number of amides is 2. The molecule has 0 aliphatic heterocycles. The maximum atomic E-state index is 11.8. The highest BCUT2D eigenvalue weighted by atomic mass is 35.5. The zero-order valence-corrected chi connectivity index (χ0v) is 11.4. The van der Waals surface area contributed by atoms with Crippen molar-refractivity contribution in [1.29, 1.82) is 0 Å². The molecule has 18 heavy (non-hydrogen) atoms. The SMILES string of the molecule is CNC(=O)C(=O)N(CCN)c1cccc(Cl)c1.Cl. The van der Waals surface area contributed by atoms with Crippen molar-refractivity contribution in [3.8, 4) is 0 Å². The molecule has 3 N–H and O–H groups in total. The van der Waals surface area contributed by atoms with Gasteiger partial charge in [-0.3, -0.25) is 9.59 Å². The molecule has 0 spiro atoms. The Morgan fingerprint density at radius 3 is 2.61 bits per heavy atom.